The van der Waals surface area contributed by atoms with Gasteiger partial charge in [-0.3, -0.25) is 14.9 Å². The summed E-state index contributed by atoms with van der Waals surface area (Å²) in [6.45, 7) is 5.83. The summed E-state index contributed by atoms with van der Waals surface area (Å²) in [7, 11) is 0. The molecule has 1 aromatic heterocycles. The normalized spacial score (nSPS) is 11.1. The Morgan fingerprint density at radius 3 is 2.25 bits per heavy atom. The molecule has 3 rings (SSSR count). The van der Waals surface area contributed by atoms with E-state index in [-0.39, 0.29) is 29.6 Å². The van der Waals surface area contributed by atoms with E-state index in [4.69, 9.17) is 9.26 Å². The molecule has 0 aliphatic heterocycles. The number of benzene rings is 2. The number of hydrogen-bond acceptors (Lipinski definition) is 5. The van der Waals surface area contributed by atoms with Gasteiger partial charge in [-0.05, 0) is 24.3 Å². The summed E-state index contributed by atoms with van der Waals surface area (Å²) in [5.41, 5.74) is 1.76. The fourth-order valence-corrected chi connectivity index (χ4v) is 2.47. The van der Waals surface area contributed by atoms with Crippen molar-refractivity contribution in [3.8, 4) is 5.75 Å². The van der Waals surface area contributed by atoms with Gasteiger partial charge in [-0.1, -0.05) is 56.3 Å². The lowest BCUT2D eigenvalue weighted by Gasteiger charge is -2.12. The molecule has 1 N–H and O–H groups in total. The predicted octanol–water partition coefficient (Wildman–Crippen LogP) is 4.22. The highest BCUT2D eigenvalue weighted by Crippen LogP contribution is 2.23. The van der Waals surface area contributed by atoms with Gasteiger partial charge in [0.2, 0.25) is 5.88 Å². The fourth-order valence-electron chi connectivity index (χ4n) is 2.47. The van der Waals surface area contributed by atoms with Crippen LogP contribution in [-0.2, 0) is 10.2 Å². The average Bonchev–Trinajstić information content (AvgIpc) is 3.16. The van der Waals surface area contributed by atoms with Crippen LogP contribution in [0.4, 0.5) is 5.88 Å². The number of anilines is 1. The van der Waals surface area contributed by atoms with Crippen LogP contribution in [0.1, 0.15) is 42.4 Å². The van der Waals surface area contributed by atoms with Gasteiger partial charge in [0.05, 0.1) is 5.69 Å². The molecular weight excluding hydrogens is 356 g/mol. The zero-order chi connectivity index (χ0) is 20.1. The monoisotopic (exact) mass is 378 g/mol. The molecule has 1 heterocycles. The lowest BCUT2D eigenvalue weighted by Crippen LogP contribution is -2.20. The van der Waals surface area contributed by atoms with Crippen molar-refractivity contribution in [1.82, 2.24) is 5.16 Å². The molecule has 0 saturated heterocycles. The minimum atomic E-state index is -0.360. The number of amides is 1. The van der Waals surface area contributed by atoms with Crippen LogP contribution in [0.25, 0.3) is 0 Å². The Hall–Kier alpha value is -3.41. The molecule has 0 aliphatic rings. The lowest BCUT2D eigenvalue weighted by atomic mass is 9.92. The van der Waals surface area contributed by atoms with Crippen LogP contribution in [0.5, 0.6) is 5.75 Å². The summed E-state index contributed by atoms with van der Waals surface area (Å²) in [4.78, 5) is 24.4. The van der Waals surface area contributed by atoms with Crippen molar-refractivity contribution >= 4 is 17.6 Å². The van der Waals surface area contributed by atoms with Crippen molar-refractivity contribution in [2.24, 2.45) is 0 Å². The van der Waals surface area contributed by atoms with Crippen molar-refractivity contribution in [2.75, 3.05) is 11.9 Å². The second-order valence-corrected chi connectivity index (χ2v) is 7.38. The van der Waals surface area contributed by atoms with Gasteiger partial charge >= 0.3 is 0 Å². The maximum Gasteiger partial charge on any atom is 0.264 e. The molecule has 0 bridgehead atoms. The van der Waals surface area contributed by atoms with Gasteiger partial charge < -0.3 is 9.26 Å². The first-order valence-electron chi connectivity index (χ1n) is 8.92. The molecule has 6 heteroatoms. The van der Waals surface area contributed by atoms with Crippen LogP contribution in [0.3, 0.4) is 0 Å². The Labute approximate surface area is 163 Å². The maximum atomic E-state index is 12.4. The minimum Gasteiger partial charge on any atom is -0.484 e. The highest BCUT2D eigenvalue weighted by Gasteiger charge is 2.19. The van der Waals surface area contributed by atoms with E-state index in [1.54, 1.807) is 42.5 Å². The average molecular weight is 378 g/mol. The maximum absolute atomic E-state index is 12.4. The molecule has 2 aromatic carbocycles. The van der Waals surface area contributed by atoms with Crippen LogP contribution in [0.15, 0.2) is 65.2 Å². The number of nitrogens with one attached hydrogen (secondary N) is 1. The van der Waals surface area contributed by atoms with E-state index in [1.165, 1.54) is 0 Å². The SMILES string of the molecule is CC(C)(C)c1cc(NC(=O)COc2ccc(C(=O)c3ccccc3)cc2)on1. The number of ketones is 1. The van der Waals surface area contributed by atoms with Crippen molar-refractivity contribution in [2.45, 2.75) is 26.2 Å². The van der Waals surface area contributed by atoms with Gasteiger partial charge in [-0.25, -0.2) is 0 Å². The smallest absolute Gasteiger partial charge is 0.264 e. The number of carbonyl (C=O) groups excluding carboxylic acids is 2. The van der Waals surface area contributed by atoms with Crippen molar-refractivity contribution in [3.63, 3.8) is 0 Å². The first kappa shape index (κ1) is 19.4. The van der Waals surface area contributed by atoms with Gasteiger partial charge in [0.25, 0.3) is 5.91 Å². The lowest BCUT2D eigenvalue weighted by molar-refractivity contribution is -0.118. The Morgan fingerprint density at radius 1 is 1.00 bits per heavy atom. The number of nitrogens with zero attached hydrogens (tertiary/aromatic N) is 1. The van der Waals surface area contributed by atoms with E-state index in [0.29, 0.717) is 16.9 Å². The van der Waals surface area contributed by atoms with Gasteiger partial charge in [0.15, 0.2) is 12.4 Å². The van der Waals surface area contributed by atoms with Crippen molar-refractivity contribution < 1.29 is 18.8 Å². The predicted molar refractivity (Wildman–Crippen MR) is 106 cm³/mol. The Kier molecular flexibility index (Phi) is 5.59. The van der Waals surface area contributed by atoms with E-state index >= 15 is 0 Å². The third kappa shape index (κ3) is 4.85. The first-order valence-corrected chi connectivity index (χ1v) is 8.92. The molecular formula is C22H22N2O4. The number of rotatable bonds is 6. The zero-order valence-electron chi connectivity index (χ0n) is 16.1. The number of carbonyl (C=O) groups is 2. The standard InChI is InChI=1S/C22H22N2O4/c1-22(2,3)18-13-20(28-24-18)23-19(25)14-27-17-11-9-16(10-12-17)21(26)15-7-5-4-6-8-15/h4-13H,14H2,1-3H3,(H,23,25). The van der Waals surface area contributed by atoms with Crippen LogP contribution < -0.4 is 10.1 Å². The number of hydrogen-bond donors (Lipinski definition) is 1. The van der Waals surface area contributed by atoms with Crippen molar-refractivity contribution in [3.05, 3.63) is 77.5 Å². The second kappa shape index (κ2) is 8.08. The van der Waals surface area contributed by atoms with Gasteiger partial charge in [-0.2, -0.15) is 0 Å². The molecule has 0 spiro atoms. The quantitative estimate of drug-likeness (QED) is 0.650. The van der Waals surface area contributed by atoms with E-state index in [0.717, 1.165) is 5.69 Å². The largest absolute Gasteiger partial charge is 0.484 e. The van der Waals surface area contributed by atoms with Gasteiger partial charge in [0.1, 0.15) is 5.75 Å². The van der Waals surface area contributed by atoms with E-state index in [2.05, 4.69) is 10.5 Å². The Morgan fingerprint density at radius 2 is 1.64 bits per heavy atom. The molecule has 144 valence electrons. The third-order valence-electron chi connectivity index (χ3n) is 4.06. The summed E-state index contributed by atoms with van der Waals surface area (Å²) in [5, 5.41) is 6.56. The minimum absolute atomic E-state index is 0.0649. The molecule has 28 heavy (non-hydrogen) atoms. The van der Waals surface area contributed by atoms with Gasteiger partial charge in [-0.15, -0.1) is 0 Å². The summed E-state index contributed by atoms with van der Waals surface area (Å²) in [5.74, 6) is 0.348. The molecule has 3 aromatic rings. The Balaban J connectivity index is 1.54. The molecule has 0 radical (unpaired) electrons. The van der Waals surface area contributed by atoms with Crippen LogP contribution in [0.2, 0.25) is 0 Å². The second-order valence-electron chi connectivity index (χ2n) is 7.38. The summed E-state index contributed by atoms with van der Waals surface area (Å²) in [6.07, 6.45) is 0. The van der Waals surface area contributed by atoms with Crippen LogP contribution >= 0.6 is 0 Å². The Bertz CT molecular complexity index is 954. The molecule has 0 aliphatic carbocycles. The topological polar surface area (TPSA) is 81.4 Å². The molecule has 0 unspecified atom stereocenters. The zero-order valence-corrected chi connectivity index (χ0v) is 16.1. The molecule has 1 amide bonds. The third-order valence-corrected chi connectivity index (χ3v) is 4.06. The summed E-state index contributed by atoms with van der Waals surface area (Å²) in [6, 6.07) is 17.4. The summed E-state index contributed by atoms with van der Waals surface area (Å²) < 4.78 is 10.6. The fraction of sp³-hybridized carbons (Fsp3) is 0.227. The first-order chi connectivity index (χ1) is 13.3. The molecule has 0 saturated carbocycles. The highest BCUT2D eigenvalue weighted by atomic mass is 16.5. The number of aromatic nitrogens is 1. The van der Waals surface area contributed by atoms with E-state index in [9.17, 15) is 9.59 Å². The van der Waals surface area contributed by atoms with Crippen LogP contribution in [-0.4, -0.2) is 23.5 Å². The number of ether oxygens (including phenoxy) is 1. The van der Waals surface area contributed by atoms with Crippen LogP contribution in [0, 0.1) is 0 Å². The van der Waals surface area contributed by atoms with E-state index < -0.39 is 0 Å². The summed E-state index contributed by atoms with van der Waals surface area (Å²) >= 11 is 0. The van der Waals surface area contributed by atoms with Gasteiger partial charge in [0, 0.05) is 22.6 Å². The highest BCUT2D eigenvalue weighted by molar-refractivity contribution is 6.09. The molecule has 6 nitrogen and oxygen atoms in total. The van der Waals surface area contributed by atoms with E-state index in [1.807, 2.05) is 39.0 Å². The molecule has 0 atom stereocenters. The molecule has 0 fully saturated rings. The van der Waals surface area contributed by atoms with Crippen molar-refractivity contribution in [1.29, 1.82) is 0 Å².